The number of fused-ring (bicyclic) bond motifs is 1. The Morgan fingerprint density at radius 1 is 0.922 bits per heavy atom. The summed E-state index contributed by atoms with van der Waals surface area (Å²) in [4.78, 5) is 51.5. The molecule has 0 bridgehead atoms. The SMILES string of the molecule is CC1(C)C(=O)[C@H](C/C=C\CCCC(=O)O)[C@@H](/C=C/[C@H](O)CCc2sc3ccccc3c2Cl)[C@@H]1O.CCCCC[C@H](O)c1ccc(N2C(=O)CC[C@@H]2CCCc2ccc(C(=O)O)s2)cc1. The van der Waals surface area contributed by atoms with Crippen molar-refractivity contribution in [3.63, 3.8) is 0 Å². The first-order valence-corrected chi connectivity index (χ1v) is 24.7. The number of amides is 1. The van der Waals surface area contributed by atoms with E-state index in [0.717, 1.165) is 87.5 Å². The van der Waals surface area contributed by atoms with Crippen LogP contribution in [-0.4, -0.2) is 67.4 Å². The van der Waals surface area contributed by atoms with Crippen LogP contribution in [0.3, 0.4) is 0 Å². The standard InChI is InChI=1S/C27H33ClO5S.C24H31NO4S/c1-27(2)25(32)18(9-5-3-4-6-12-23(30)31)19(26(27)33)15-13-17(29)14-16-22-24(28)20-10-7-8-11-21(20)34-22;1-2-3-4-8-21(26)17-9-11-19(12-10-17)25-18(13-16-23(25)27)6-5-7-20-14-15-22(30-20)24(28)29/h3,5,7-8,10-11,13,15,17-19,26,29,33H,4,6,9,12,14,16H2,1-2H3,(H,30,31);9-12,14-15,18,21,26H,2-8,13,16H2,1H3,(H,28,29)/b5-3-,15-13+;/t17-,18+,19+,26-;18-,21-/m00/s1. The van der Waals surface area contributed by atoms with Gasteiger partial charge in [-0.1, -0.05) is 106 Å². The van der Waals surface area contributed by atoms with Crippen molar-refractivity contribution in [3.8, 4) is 0 Å². The minimum absolute atomic E-state index is 0.0105. The van der Waals surface area contributed by atoms with Gasteiger partial charge in [0.25, 0.3) is 0 Å². The quantitative estimate of drug-likeness (QED) is 0.0380. The van der Waals surface area contributed by atoms with Crippen LogP contribution in [0.5, 0.6) is 0 Å². The van der Waals surface area contributed by atoms with E-state index in [1.165, 1.54) is 11.3 Å². The number of anilines is 1. The number of aryl methyl sites for hydroxylation is 2. The Morgan fingerprint density at radius 3 is 2.36 bits per heavy atom. The van der Waals surface area contributed by atoms with Crippen molar-refractivity contribution in [1.29, 1.82) is 0 Å². The summed E-state index contributed by atoms with van der Waals surface area (Å²) < 4.78 is 1.13. The number of nitrogens with zero attached hydrogens (tertiary/aromatic N) is 1. The molecule has 64 heavy (non-hydrogen) atoms. The monoisotopic (exact) mass is 933 g/mol. The molecular weight excluding hydrogens is 870 g/mol. The molecule has 0 unspecified atom stereocenters. The van der Waals surface area contributed by atoms with Gasteiger partial charge in [-0.25, -0.2) is 4.79 Å². The number of unbranched alkanes of at least 4 members (excludes halogenated alkanes) is 3. The van der Waals surface area contributed by atoms with E-state index in [-0.39, 0.29) is 36.0 Å². The fourth-order valence-corrected chi connectivity index (χ4v) is 11.1. The molecule has 1 saturated heterocycles. The van der Waals surface area contributed by atoms with Gasteiger partial charge in [0.1, 0.15) is 10.7 Å². The number of allylic oxidation sites excluding steroid dienone is 2. The van der Waals surface area contributed by atoms with E-state index in [1.54, 1.807) is 43.4 Å². The number of thiophene rings is 2. The predicted octanol–water partition coefficient (Wildman–Crippen LogP) is 11.4. The highest BCUT2D eigenvalue weighted by Gasteiger charge is 2.52. The van der Waals surface area contributed by atoms with Crippen LogP contribution >= 0.6 is 34.3 Å². The Kier molecular flexibility index (Phi) is 19.4. The molecule has 2 fully saturated rings. The zero-order valence-corrected chi connectivity index (χ0v) is 39.6. The molecule has 2 aromatic heterocycles. The van der Waals surface area contributed by atoms with Gasteiger partial charge in [-0.05, 0) is 100 Å². The average molecular weight is 935 g/mol. The fourth-order valence-electron chi connectivity index (χ4n) is 8.71. The summed E-state index contributed by atoms with van der Waals surface area (Å²) in [5.74, 6) is -2.28. The molecule has 0 radical (unpaired) electrons. The van der Waals surface area contributed by atoms with E-state index in [1.807, 2.05) is 71.6 Å². The van der Waals surface area contributed by atoms with Gasteiger partial charge in [0.05, 0.1) is 28.7 Å². The minimum atomic E-state index is -0.877. The van der Waals surface area contributed by atoms with Gasteiger partial charge in [0.15, 0.2) is 0 Å². The van der Waals surface area contributed by atoms with Crippen molar-refractivity contribution in [1.82, 2.24) is 0 Å². The molecule has 1 amide bonds. The van der Waals surface area contributed by atoms with Gasteiger partial charge in [-0.3, -0.25) is 14.4 Å². The molecular formula is C51H64ClNO9S2. The normalized spacial score (nSPS) is 20.6. The van der Waals surface area contributed by atoms with Gasteiger partial charge < -0.3 is 30.4 Å². The van der Waals surface area contributed by atoms with Gasteiger partial charge in [0.2, 0.25) is 5.91 Å². The number of carbonyl (C=O) groups excluding carboxylic acids is 2. The number of benzene rings is 2. The third-order valence-corrected chi connectivity index (χ3v) is 15.4. The smallest absolute Gasteiger partial charge is 0.345 e. The number of Topliss-reactive ketones (excluding diaryl/α,β-unsaturated/α-hetero) is 1. The number of carbonyl (C=O) groups is 4. The molecule has 10 nitrogen and oxygen atoms in total. The average Bonchev–Trinajstić information content (AvgIpc) is 4.02. The molecule has 6 atom stereocenters. The number of rotatable bonds is 22. The van der Waals surface area contributed by atoms with Crippen molar-refractivity contribution in [2.75, 3.05) is 4.90 Å². The van der Waals surface area contributed by atoms with E-state index >= 15 is 0 Å². The number of carboxylic acids is 2. The first kappa shape index (κ1) is 50.8. The maximum absolute atomic E-state index is 13.0. The minimum Gasteiger partial charge on any atom is -0.481 e. The van der Waals surface area contributed by atoms with Crippen molar-refractivity contribution >= 4 is 73.7 Å². The predicted molar refractivity (Wildman–Crippen MR) is 258 cm³/mol. The number of aliphatic hydroxyl groups is 3. The lowest BCUT2D eigenvalue weighted by Gasteiger charge is -2.25. The third kappa shape index (κ3) is 13.7. The van der Waals surface area contributed by atoms with Crippen LogP contribution < -0.4 is 4.90 Å². The molecule has 5 N–H and O–H groups in total. The molecule has 0 spiro atoms. The molecule has 4 aromatic rings. The summed E-state index contributed by atoms with van der Waals surface area (Å²) in [7, 11) is 0. The number of aromatic carboxylic acids is 1. The zero-order valence-electron chi connectivity index (χ0n) is 37.2. The van der Waals surface area contributed by atoms with E-state index in [4.69, 9.17) is 21.8 Å². The molecule has 1 saturated carbocycles. The molecule has 13 heteroatoms. The molecule has 346 valence electrons. The molecule has 1 aliphatic carbocycles. The van der Waals surface area contributed by atoms with Crippen molar-refractivity contribution < 1.29 is 44.7 Å². The number of aliphatic carboxylic acids is 1. The number of aliphatic hydroxyl groups excluding tert-OH is 3. The second-order valence-electron chi connectivity index (χ2n) is 17.6. The maximum atomic E-state index is 13.0. The Bertz CT molecular complexity index is 2230. The van der Waals surface area contributed by atoms with Crippen LogP contribution in [0.15, 0.2) is 85.0 Å². The van der Waals surface area contributed by atoms with Gasteiger partial charge in [0, 0.05) is 56.2 Å². The van der Waals surface area contributed by atoms with Crippen LogP contribution in [0.4, 0.5) is 5.69 Å². The zero-order chi connectivity index (χ0) is 46.4. The summed E-state index contributed by atoms with van der Waals surface area (Å²) in [6, 6.07) is 19.5. The lowest BCUT2D eigenvalue weighted by atomic mass is 9.86. The number of hydrogen-bond acceptors (Lipinski definition) is 9. The Hall–Kier alpha value is -4.17. The van der Waals surface area contributed by atoms with E-state index in [2.05, 4.69) is 6.92 Å². The summed E-state index contributed by atoms with van der Waals surface area (Å²) in [6.45, 7) is 5.67. The van der Waals surface area contributed by atoms with Crippen molar-refractivity contribution in [3.05, 3.63) is 110 Å². The lowest BCUT2D eigenvalue weighted by molar-refractivity contribution is -0.137. The first-order chi connectivity index (χ1) is 30.6. The first-order valence-electron chi connectivity index (χ1n) is 22.7. The Labute approximate surface area is 390 Å². The number of carboxylic acid groups (broad SMARTS) is 2. The summed E-state index contributed by atoms with van der Waals surface area (Å²) in [6.07, 6.45) is 16.3. The second kappa shape index (κ2) is 24.4. The second-order valence-corrected chi connectivity index (χ2v) is 20.2. The number of ketones is 1. The summed E-state index contributed by atoms with van der Waals surface area (Å²) >= 11 is 9.47. The van der Waals surface area contributed by atoms with E-state index < -0.39 is 35.7 Å². The highest BCUT2D eigenvalue weighted by molar-refractivity contribution is 7.19. The van der Waals surface area contributed by atoms with Crippen LogP contribution in [0.2, 0.25) is 5.02 Å². The lowest BCUT2D eigenvalue weighted by Crippen LogP contribution is -2.32. The fraction of sp³-hybridized carbons (Fsp3) is 0.490. The highest BCUT2D eigenvalue weighted by atomic mass is 35.5. The van der Waals surface area contributed by atoms with Crippen LogP contribution in [0.25, 0.3) is 10.1 Å². The third-order valence-electron chi connectivity index (χ3n) is 12.5. The van der Waals surface area contributed by atoms with Crippen molar-refractivity contribution in [2.45, 2.75) is 141 Å². The maximum Gasteiger partial charge on any atom is 0.345 e. The molecule has 2 aliphatic rings. The van der Waals surface area contributed by atoms with Crippen LogP contribution in [0, 0.1) is 17.3 Å². The largest absolute Gasteiger partial charge is 0.481 e. The molecule has 6 rings (SSSR count). The highest BCUT2D eigenvalue weighted by Crippen LogP contribution is 2.45. The molecule has 2 aromatic carbocycles. The number of hydrogen-bond donors (Lipinski definition) is 5. The topological polar surface area (TPSA) is 173 Å². The summed E-state index contributed by atoms with van der Waals surface area (Å²) in [5.41, 5.74) is 0.952. The van der Waals surface area contributed by atoms with Crippen LogP contribution in [-0.2, 0) is 27.2 Å². The van der Waals surface area contributed by atoms with Gasteiger partial charge in [-0.2, -0.15) is 0 Å². The molecule has 1 aliphatic heterocycles. The van der Waals surface area contributed by atoms with E-state index in [0.29, 0.717) is 43.4 Å². The Morgan fingerprint density at radius 2 is 1.67 bits per heavy atom. The Balaban J connectivity index is 0.000000243. The number of halogens is 1. The van der Waals surface area contributed by atoms with Crippen LogP contribution in [0.1, 0.15) is 135 Å². The van der Waals surface area contributed by atoms with Crippen molar-refractivity contribution in [2.24, 2.45) is 17.3 Å². The summed E-state index contributed by atoms with van der Waals surface area (Å²) in [5, 5.41) is 51.3. The molecule has 3 heterocycles. The van der Waals surface area contributed by atoms with Gasteiger partial charge in [-0.15, -0.1) is 22.7 Å². The van der Waals surface area contributed by atoms with E-state index in [9.17, 15) is 34.5 Å². The van der Waals surface area contributed by atoms with Gasteiger partial charge >= 0.3 is 11.9 Å².